The molecule has 1 aliphatic heterocycles. The third-order valence-electron chi connectivity index (χ3n) is 3.54. The summed E-state index contributed by atoms with van der Waals surface area (Å²) in [5, 5.41) is 12.8. The van der Waals surface area contributed by atoms with E-state index >= 15 is 0 Å². The Bertz CT molecular complexity index is 390. The van der Waals surface area contributed by atoms with Crippen LogP contribution in [-0.4, -0.2) is 31.3 Å². The van der Waals surface area contributed by atoms with Gasteiger partial charge in [0.1, 0.15) is 5.75 Å². The number of fused-ring (bicyclic) bond motifs is 1. The lowest BCUT2D eigenvalue weighted by Crippen LogP contribution is -2.29. The molecule has 1 aromatic carbocycles. The predicted molar refractivity (Wildman–Crippen MR) is 71.9 cm³/mol. The Labute approximate surface area is 103 Å². The van der Waals surface area contributed by atoms with Crippen LogP contribution in [0.25, 0.3) is 0 Å². The van der Waals surface area contributed by atoms with Crippen molar-refractivity contribution in [2.75, 3.05) is 25.0 Å². The molecule has 0 fully saturated rings. The SMILES string of the molecule is CNCCC1CN(C(C)C)c2ccc(O)cc21. The van der Waals surface area contributed by atoms with E-state index in [0.29, 0.717) is 17.7 Å². The summed E-state index contributed by atoms with van der Waals surface area (Å²) in [7, 11) is 1.98. The number of benzene rings is 1. The molecule has 1 atom stereocenters. The molecule has 3 nitrogen and oxygen atoms in total. The van der Waals surface area contributed by atoms with E-state index in [1.807, 2.05) is 19.2 Å². The quantitative estimate of drug-likeness (QED) is 0.839. The van der Waals surface area contributed by atoms with Crippen LogP contribution in [0.15, 0.2) is 18.2 Å². The van der Waals surface area contributed by atoms with E-state index in [1.54, 1.807) is 6.07 Å². The molecule has 0 aromatic heterocycles. The van der Waals surface area contributed by atoms with Gasteiger partial charge in [0.15, 0.2) is 0 Å². The molecule has 1 aromatic rings. The molecule has 17 heavy (non-hydrogen) atoms. The number of hydrogen-bond acceptors (Lipinski definition) is 3. The van der Waals surface area contributed by atoms with Gasteiger partial charge in [0.25, 0.3) is 0 Å². The first-order valence-electron chi connectivity index (χ1n) is 6.37. The largest absolute Gasteiger partial charge is 0.508 e. The van der Waals surface area contributed by atoms with Crippen LogP contribution in [0.3, 0.4) is 0 Å². The van der Waals surface area contributed by atoms with Gasteiger partial charge in [-0.05, 0) is 57.6 Å². The van der Waals surface area contributed by atoms with Crippen LogP contribution in [0.2, 0.25) is 0 Å². The van der Waals surface area contributed by atoms with Gasteiger partial charge < -0.3 is 15.3 Å². The summed E-state index contributed by atoms with van der Waals surface area (Å²) in [6.45, 7) is 6.53. The molecule has 0 spiro atoms. The van der Waals surface area contributed by atoms with E-state index in [-0.39, 0.29) is 0 Å². The maximum absolute atomic E-state index is 9.63. The van der Waals surface area contributed by atoms with Gasteiger partial charge in [-0.3, -0.25) is 0 Å². The van der Waals surface area contributed by atoms with Crippen molar-refractivity contribution in [3.05, 3.63) is 23.8 Å². The predicted octanol–water partition coefficient (Wildman–Crippen LogP) is 2.31. The van der Waals surface area contributed by atoms with Crippen LogP contribution in [-0.2, 0) is 0 Å². The maximum atomic E-state index is 9.63. The van der Waals surface area contributed by atoms with Crippen molar-refractivity contribution in [1.29, 1.82) is 0 Å². The number of nitrogens with one attached hydrogen (secondary N) is 1. The molecule has 0 radical (unpaired) electrons. The standard InChI is InChI=1S/C14H22N2O/c1-10(2)16-9-11(6-7-15-3)13-8-12(17)4-5-14(13)16/h4-5,8,10-11,15,17H,6-7,9H2,1-3H3. The van der Waals surface area contributed by atoms with E-state index < -0.39 is 0 Å². The Balaban J connectivity index is 2.27. The smallest absolute Gasteiger partial charge is 0.116 e. The van der Waals surface area contributed by atoms with Crippen LogP contribution >= 0.6 is 0 Å². The number of phenols is 1. The molecule has 2 N–H and O–H groups in total. The highest BCUT2D eigenvalue weighted by Crippen LogP contribution is 2.40. The van der Waals surface area contributed by atoms with Crippen LogP contribution < -0.4 is 10.2 Å². The first kappa shape index (κ1) is 12.2. The van der Waals surface area contributed by atoms with Crippen LogP contribution in [0.4, 0.5) is 5.69 Å². The fourth-order valence-corrected chi connectivity index (χ4v) is 2.62. The average molecular weight is 234 g/mol. The van der Waals surface area contributed by atoms with Crippen LogP contribution in [0.5, 0.6) is 5.75 Å². The number of aromatic hydroxyl groups is 1. The van der Waals surface area contributed by atoms with Gasteiger partial charge in [0.05, 0.1) is 0 Å². The topological polar surface area (TPSA) is 35.5 Å². The summed E-state index contributed by atoms with van der Waals surface area (Å²) in [6, 6.07) is 6.27. The van der Waals surface area contributed by atoms with E-state index in [4.69, 9.17) is 0 Å². The van der Waals surface area contributed by atoms with Crippen LogP contribution in [0, 0.1) is 0 Å². The minimum Gasteiger partial charge on any atom is -0.508 e. The van der Waals surface area contributed by atoms with Gasteiger partial charge in [0.2, 0.25) is 0 Å². The molecule has 0 amide bonds. The molecule has 2 rings (SSSR count). The molecule has 0 saturated heterocycles. The lowest BCUT2D eigenvalue weighted by Gasteiger charge is -2.24. The third kappa shape index (κ3) is 2.39. The Morgan fingerprint density at radius 1 is 1.47 bits per heavy atom. The third-order valence-corrected chi connectivity index (χ3v) is 3.54. The molecule has 3 heteroatoms. The number of rotatable bonds is 4. The number of phenolic OH excluding ortho intramolecular Hbond substituents is 1. The number of nitrogens with zero attached hydrogens (tertiary/aromatic N) is 1. The summed E-state index contributed by atoms with van der Waals surface area (Å²) in [5.74, 6) is 0.913. The van der Waals surface area contributed by atoms with E-state index in [9.17, 15) is 5.11 Å². The lowest BCUT2D eigenvalue weighted by atomic mass is 9.98. The Morgan fingerprint density at radius 2 is 2.24 bits per heavy atom. The highest BCUT2D eigenvalue weighted by atomic mass is 16.3. The Morgan fingerprint density at radius 3 is 2.88 bits per heavy atom. The first-order chi connectivity index (χ1) is 8.13. The lowest BCUT2D eigenvalue weighted by molar-refractivity contribution is 0.474. The van der Waals surface area contributed by atoms with Gasteiger partial charge in [-0.1, -0.05) is 0 Å². The second-order valence-corrected chi connectivity index (χ2v) is 5.08. The summed E-state index contributed by atoms with van der Waals surface area (Å²) >= 11 is 0. The maximum Gasteiger partial charge on any atom is 0.116 e. The zero-order valence-corrected chi connectivity index (χ0v) is 10.9. The Kier molecular flexibility index (Phi) is 3.57. The molecule has 94 valence electrons. The van der Waals surface area contributed by atoms with Crippen molar-refractivity contribution >= 4 is 5.69 Å². The summed E-state index contributed by atoms with van der Waals surface area (Å²) < 4.78 is 0. The second-order valence-electron chi connectivity index (χ2n) is 5.08. The van der Waals surface area contributed by atoms with Crippen molar-refractivity contribution in [2.24, 2.45) is 0 Å². The highest BCUT2D eigenvalue weighted by Gasteiger charge is 2.29. The van der Waals surface area contributed by atoms with Crippen molar-refractivity contribution < 1.29 is 5.11 Å². The molecular formula is C14H22N2O. The zero-order valence-electron chi connectivity index (χ0n) is 10.9. The molecule has 1 aliphatic rings. The van der Waals surface area contributed by atoms with E-state index in [0.717, 1.165) is 19.5 Å². The Hall–Kier alpha value is -1.22. The summed E-state index contributed by atoms with van der Waals surface area (Å²) in [5.41, 5.74) is 2.59. The number of anilines is 1. The fraction of sp³-hybridized carbons (Fsp3) is 0.571. The van der Waals surface area contributed by atoms with Gasteiger partial charge >= 0.3 is 0 Å². The normalized spacial score (nSPS) is 18.8. The molecule has 1 heterocycles. The van der Waals surface area contributed by atoms with Crippen molar-refractivity contribution in [1.82, 2.24) is 5.32 Å². The monoisotopic (exact) mass is 234 g/mol. The van der Waals surface area contributed by atoms with Gasteiger partial charge in [0, 0.05) is 24.2 Å². The van der Waals surface area contributed by atoms with Crippen molar-refractivity contribution in [3.63, 3.8) is 0 Å². The van der Waals surface area contributed by atoms with Crippen molar-refractivity contribution in [3.8, 4) is 5.75 Å². The fourth-order valence-electron chi connectivity index (χ4n) is 2.62. The van der Waals surface area contributed by atoms with E-state index in [2.05, 4.69) is 24.1 Å². The van der Waals surface area contributed by atoms with Crippen molar-refractivity contribution in [2.45, 2.75) is 32.2 Å². The number of hydrogen-bond donors (Lipinski definition) is 2. The molecule has 0 aliphatic carbocycles. The molecule has 0 bridgehead atoms. The zero-order chi connectivity index (χ0) is 12.4. The summed E-state index contributed by atoms with van der Waals surface area (Å²) in [4.78, 5) is 2.43. The van der Waals surface area contributed by atoms with Gasteiger partial charge in [-0.25, -0.2) is 0 Å². The molecule has 1 unspecified atom stereocenters. The minimum absolute atomic E-state index is 0.379. The summed E-state index contributed by atoms with van der Waals surface area (Å²) in [6.07, 6.45) is 1.12. The minimum atomic E-state index is 0.379. The highest BCUT2D eigenvalue weighted by molar-refractivity contribution is 5.62. The second kappa shape index (κ2) is 4.96. The van der Waals surface area contributed by atoms with Gasteiger partial charge in [-0.2, -0.15) is 0 Å². The first-order valence-corrected chi connectivity index (χ1v) is 6.37. The average Bonchev–Trinajstić information content (AvgIpc) is 2.64. The molecular weight excluding hydrogens is 212 g/mol. The van der Waals surface area contributed by atoms with Crippen LogP contribution in [0.1, 0.15) is 31.7 Å². The van der Waals surface area contributed by atoms with Gasteiger partial charge in [-0.15, -0.1) is 0 Å². The van der Waals surface area contributed by atoms with E-state index in [1.165, 1.54) is 11.3 Å². The molecule has 0 saturated carbocycles.